The second kappa shape index (κ2) is 3.44. The number of carbonyl (C=O) groups excluding carboxylic acids is 1. The number of rotatable bonds is 2. The van der Waals surface area contributed by atoms with Crippen molar-refractivity contribution in [3.8, 4) is 0 Å². The molecule has 2 atom stereocenters. The van der Waals surface area contributed by atoms with Crippen LogP contribution in [0.15, 0.2) is 29.4 Å². The monoisotopic (exact) mass is 214 g/mol. The quantitative estimate of drug-likeness (QED) is 0.800. The van der Waals surface area contributed by atoms with Gasteiger partial charge in [-0.15, -0.1) is 0 Å². The van der Waals surface area contributed by atoms with Gasteiger partial charge in [0.05, 0.1) is 5.71 Å². The van der Waals surface area contributed by atoms with Crippen molar-refractivity contribution in [2.24, 2.45) is 16.9 Å². The molecule has 0 aromatic heterocycles. The predicted molar refractivity (Wildman–Crippen MR) is 62.1 cm³/mol. The Kier molecular flexibility index (Phi) is 2.06. The molecule has 0 unspecified atom stereocenters. The molecule has 3 nitrogen and oxygen atoms in total. The lowest BCUT2D eigenvalue weighted by molar-refractivity contribution is -0.122. The van der Waals surface area contributed by atoms with Gasteiger partial charge in [0.1, 0.15) is 0 Å². The molecule has 1 aliphatic carbocycles. The average molecular weight is 214 g/mol. The molecular formula is C13H14N2O. The van der Waals surface area contributed by atoms with E-state index in [0.717, 1.165) is 24.1 Å². The van der Waals surface area contributed by atoms with Crippen LogP contribution in [0.1, 0.15) is 24.5 Å². The van der Waals surface area contributed by atoms with Crippen molar-refractivity contribution in [3.05, 3.63) is 35.4 Å². The van der Waals surface area contributed by atoms with E-state index in [-0.39, 0.29) is 11.8 Å². The minimum atomic E-state index is 0.0823. The first-order chi connectivity index (χ1) is 7.79. The van der Waals surface area contributed by atoms with Crippen LogP contribution in [0, 0.1) is 11.8 Å². The van der Waals surface area contributed by atoms with Crippen molar-refractivity contribution < 1.29 is 4.79 Å². The molecule has 1 aromatic carbocycles. The fourth-order valence-electron chi connectivity index (χ4n) is 2.26. The average Bonchev–Trinajstić information content (AvgIpc) is 3.11. The highest BCUT2D eigenvalue weighted by Crippen LogP contribution is 2.43. The lowest BCUT2D eigenvalue weighted by Crippen LogP contribution is -2.28. The van der Waals surface area contributed by atoms with Gasteiger partial charge in [-0.05, 0) is 24.0 Å². The van der Waals surface area contributed by atoms with Gasteiger partial charge in [-0.1, -0.05) is 31.2 Å². The molecule has 1 N–H and O–H groups in total. The largest absolute Gasteiger partial charge is 0.273 e. The van der Waals surface area contributed by atoms with Gasteiger partial charge in [-0.2, -0.15) is 5.10 Å². The molecule has 0 saturated heterocycles. The summed E-state index contributed by atoms with van der Waals surface area (Å²) in [6.07, 6.45) is 2.01. The first-order valence-corrected chi connectivity index (χ1v) is 5.76. The molecule has 1 saturated carbocycles. The van der Waals surface area contributed by atoms with Gasteiger partial charge in [0.2, 0.25) is 5.91 Å². The van der Waals surface area contributed by atoms with Gasteiger partial charge in [0.25, 0.3) is 0 Å². The van der Waals surface area contributed by atoms with E-state index in [9.17, 15) is 4.79 Å². The van der Waals surface area contributed by atoms with Crippen molar-refractivity contribution in [1.29, 1.82) is 0 Å². The lowest BCUT2D eigenvalue weighted by Gasteiger charge is -2.11. The normalized spacial score (nSPS) is 26.8. The molecule has 1 heterocycles. The van der Waals surface area contributed by atoms with E-state index in [4.69, 9.17) is 0 Å². The van der Waals surface area contributed by atoms with Gasteiger partial charge in [-0.25, -0.2) is 5.43 Å². The van der Waals surface area contributed by atoms with Crippen LogP contribution in [-0.4, -0.2) is 11.6 Å². The fourth-order valence-corrected chi connectivity index (χ4v) is 2.26. The molecule has 0 radical (unpaired) electrons. The molecule has 82 valence electrons. The molecule has 0 spiro atoms. The molecule has 1 aliphatic heterocycles. The van der Waals surface area contributed by atoms with E-state index in [1.807, 2.05) is 0 Å². The number of fused-ring (bicyclic) bond motifs is 1. The Hall–Kier alpha value is -1.64. The van der Waals surface area contributed by atoms with E-state index >= 15 is 0 Å². The summed E-state index contributed by atoms with van der Waals surface area (Å²) in [5.41, 5.74) is 6.12. The maximum Gasteiger partial charge on any atom is 0.243 e. The summed E-state index contributed by atoms with van der Waals surface area (Å²) in [5.74, 6) is 0.624. The number of hydrazone groups is 1. The van der Waals surface area contributed by atoms with Gasteiger partial charge >= 0.3 is 0 Å². The summed E-state index contributed by atoms with van der Waals surface area (Å²) in [6.45, 7) is 2.14. The van der Waals surface area contributed by atoms with E-state index in [1.54, 1.807) is 0 Å². The SMILES string of the molecule is CCc1ccc(C2=NNC(=O)[C@H]3C[C@H]23)cc1. The summed E-state index contributed by atoms with van der Waals surface area (Å²) in [5, 5.41) is 4.18. The molecule has 2 aliphatic rings. The van der Waals surface area contributed by atoms with Gasteiger partial charge in [0, 0.05) is 11.8 Å². The van der Waals surface area contributed by atoms with E-state index < -0.39 is 0 Å². The van der Waals surface area contributed by atoms with E-state index in [1.165, 1.54) is 5.56 Å². The number of benzene rings is 1. The minimum absolute atomic E-state index is 0.0823. The van der Waals surface area contributed by atoms with Crippen LogP contribution < -0.4 is 5.43 Å². The van der Waals surface area contributed by atoms with Gasteiger partial charge in [-0.3, -0.25) is 4.79 Å². The zero-order chi connectivity index (χ0) is 11.1. The molecule has 16 heavy (non-hydrogen) atoms. The number of hydrogen-bond donors (Lipinski definition) is 1. The Bertz CT molecular complexity index is 461. The first kappa shape index (κ1) is 9.58. The Morgan fingerprint density at radius 3 is 2.75 bits per heavy atom. The molecule has 3 rings (SSSR count). The number of hydrogen-bond acceptors (Lipinski definition) is 2. The number of carbonyl (C=O) groups is 1. The number of amides is 1. The van der Waals surface area contributed by atoms with Crippen LogP contribution >= 0.6 is 0 Å². The predicted octanol–water partition coefficient (Wildman–Crippen LogP) is 1.72. The second-order valence-corrected chi connectivity index (χ2v) is 4.47. The number of aryl methyl sites for hydroxylation is 1. The zero-order valence-corrected chi connectivity index (χ0v) is 9.23. The fraction of sp³-hybridized carbons (Fsp3) is 0.385. The number of nitrogens with one attached hydrogen (secondary N) is 1. The van der Waals surface area contributed by atoms with Gasteiger partial charge in [0.15, 0.2) is 0 Å². The summed E-state index contributed by atoms with van der Waals surface area (Å²) in [4.78, 5) is 11.3. The maximum absolute atomic E-state index is 11.3. The summed E-state index contributed by atoms with van der Waals surface area (Å²) in [7, 11) is 0. The zero-order valence-electron chi connectivity index (χ0n) is 9.23. The Morgan fingerprint density at radius 1 is 1.31 bits per heavy atom. The van der Waals surface area contributed by atoms with Crippen LogP contribution in [0.3, 0.4) is 0 Å². The highest BCUT2D eigenvalue weighted by atomic mass is 16.2. The minimum Gasteiger partial charge on any atom is -0.273 e. The lowest BCUT2D eigenvalue weighted by atomic mass is 10.0. The van der Waals surface area contributed by atoms with Crippen molar-refractivity contribution in [3.63, 3.8) is 0 Å². The Balaban J connectivity index is 1.90. The highest BCUT2D eigenvalue weighted by Gasteiger charge is 2.49. The highest BCUT2D eigenvalue weighted by molar-refractivity contribution is 6.09. The summed E-state index contributed by atoms with van der Waals surface area (Å²) in [6, 6.07) is 8.46. The Labute approximate surface area is 94.6 Å². The standard InChI is InChI=1S/C13H14N2O/c1-2-8-3-5-9(6-4-8)12-10-7-11(10)13(16)15-14-12/h3-6,10-11H,2,7H2,1H3,(H,15,16)/t10-,11-/m0/s1. The van der Waals surface area contributed by atoms with E-state index in [0.29, 0.717) is 5.92 Å². The third-order valence-electron chi connectivity index (χ3n) is 3.42. The van der Waals surface area contributed by atoms with E-state index in [2.05, 4.69) is 41.7 Å². The van der Waals surface area contributed by atoms with Crippen molar-refractivity contribution in [1.82, 2.24) is 5.43 Å². The van der Waals surface area contributed by atoms with Crippen LogP contribution in [-0.2, 0) is 11.2 Å². The van der Waals surface area contributed by atoms with Crippen LogP contribution in [0.5, 0.6) is 0 Å². The molecule has 1 fully saturated rings. The number of nitrogens with zero attached hydrogens (tertiary/aromatic N) is 1. The van der Waals surface area contributed by atoms with Crippen LogP contribution in [0.4, 0.5) is 0 Å². The summed E-state index contributed by atoms with van der Waals surface area (Å²) < 4.78 is 0. The van der Waals surface area contributed by atoms with Gasteiger partial charge < -0.3 is 0 Å². The maximum atomic E-state index is 11.3. The van der Waals surface area contributed by atoms with Crippen LogP contribution in [0.2, 0.25) is 0 Å². The molecule has 0 bridgehead atoms. The smallest absolute Gasteiger partial charge is 0.243 e. The summed E-state index contributed by atoms with van der Waals surface area (Å²) >= 11 is 0. The first-order valence-electron chi connectivity index (χ1n) is 5.76. The molecule has 3 heteroatoms. The molecule has 1 amide bonds. The Morgan fingerprint density at radius 2 is 2.06 bits per heavy atom. The van der Waals surface area contributed by atoms with Crippen molar-refractivity contribution >= 4 is 11.6 Å². The van der Waals surface area contributed by atoms with Crippen molar-refractivity contribution in [2.45, 2.75) is 19.8 Å². The molecular weight excluding hydrogens is 200 g/mol. The topological polar surface area (TPSA) is 41.5 Å². The van der Waals surface area contributed by atoms with Crippen molar-refractivity contribution in [2.75, 3.05) is 0 Å². The third kappa shape index (κ3) is 1.43. The second-order valence-electron chi connectivity index (χ2n) is 4.47. The third-order valence-corrected chi connectivity index (χ3v) is 3.42. The molecule has 1 aromatic rings. The van der Waals surface area contributed by atoms with Crippen LogP contribution in [0.25, 0.3) is 0 Å².